The maximum absolute atomic E-state index is 4.66. The average molecular weight is 280 g/mol. The van der Waals surface area contributed by atoms with Crippen molar-refractivity contribution in [3.63, 3.8) is 0 Å². The molecule has 0 amide bonds. The number of rotatable bonds is 4. The second kappa shape index (κ2) is 5.88. The molecule has 3 rings (SSSR count). The van der Waals surface area contributed by atoms with Crippen LogP contribution in [-0.4, -0.2) is 4.98 Å². The number of hydrogen-bond donors (Lipinski definition) is 1. The molecule has 1 heterocycles. The van der Waals surface area contributed by atoms with Gasteiger partial charge in [0.25, 0.3) is 0 Å². The predicted molar refractivity (Wildman–Crippen MR) is 86.7 cm³/mol. The molecule has 0 saturated heterocycles. The first-order chi connectivity index (χ1) is 9.86. The number of anilines is 2. The predicted octanol–water partition coefficient (Wildman–Crippen LogP) is 5.12. The standard InChI is InChI=1S/C17H16N2S/c1-2-13-8-6-7-11-15(13)18-17-19-16(12-20-17)14-9-4-3-5-10-14/h3-12H,2H2,1H3,(H,18,19). The molecule has 3 aromatic rings. The molecule has 100 valence electrons. The van der Waals surface area contributed by atoms with Gasteiger partial charge in [-0.2, -0.15) is 0 Å². The zero-order valence-electron chi connectivity index (χ0n) is 11.3. The first-order valence-electron chi connectivity index (χ1n) is 6.72. The molecule has 0 bridgehead atoms. The minimum atomic E-state index is 0.935. The van der Waals surface area contributed by atoms with Gasteiger partial charge in [-0.15, -0.1) is 11.3 Å². The van der Waals surface area contributed by atoms with E-state index in [1.54, 1.807) is 11.3 Å². The molecule has 0 aliphatic carbocycles. The molecule has 2 aromatic carbocycles. The van der Waals surface area contributed by atoms with Crippen molar-refractivity contribution in [2.45, 2.75) is 13.3 Å². The number of aromatic nitrogens is 1. The van der Waals surface area contributed by atoms with Crippen LogP contribution < -0.4 is 5.32 Å². The molecule has 1 aromatic heterocycles. The zero-order chi connectivity index (χ0) is 13.8. The van der Waals surface area contributed by atoms with E-state index in [-0.39, 0.29) is 0 Å². The van der Waals surface area contributed by atoms with Crippen LogP contribution in [-0.2, 0) is 6.42 Å². The summed E-state index contributed by atoms with van der Waals surface area (Å²) in [6, 6.07) is 18.6. The zero-order valence-corrected chi connectivity index (χ0v) is 12.2. The monoisotopic (exact) mass is 280 g/mol. The summed E-state index contributed by atoms with van der Waals surface area (Å²) in [5.41, 5.74) is 4.63. The maximum Gasteiger partial charge on any atom is 0.187 e. The van der Waals surface area contributed by atoms with Gasteiger partial charge >= 0.3 is 0 Å². The summed E-state index contributed by atoms with van der Waals surface area (Å²) in [7, 11) is 0. The average Bonchev–Trinajstić information content (AvgIpc) is 2.97. The van der Waals surface area contributed by atoms with Crippen LogP contribution >= 0.6 is 11.3 Å². The van der Waals surface area contributed by atoms with Crippen LogP contribution in [0.5, 0.6) is 0 Å². The van der Waals surface area contributed by atoms with Gasteiger partial charge in [-0.3, -0.25) is 0 Å². The van der Waals surface area contributed by atoms with Crippen LogP contribution in [0.3, 0.4) is 0 Å². The minimum Gasteiger partial charge on any atom is -0.331 e. The molecular formula is C17H16N2S. The van der Waals surface area contributed by atoms with Gasteiger partial charge < -0.3 is 5.32 Å². The van der Waals surface area contributed by atoms with Gasteiger partial charge in [0.05, 0.1) is 5.69 Å². The molecule has 0 radical (unpaired) electrons. The van der Waals surface area contributed by atoms with Gasteiger partial charge in [0, 0.05) is 16.6 Å². The van der Waals surface area contributed by atoms with Crippen molar-refractivity contribution in [2.24, 2.45) is 0 Å². The molecule has 2 nitrogen and oxygen atoms in total. The van der Waals surface area contributed by atoms with Gasteiger partial charge in [0.15, 0.2) is 5.13 Å². The Balaban J connectivity index is 1.84. The quantitative estimate of drug-likeness (QED) is 0.717. The smallest absolute Gasteiger partial charge is 0.187 e. The van der Waals surface area contributed by atoms with E-state index in [1.165, 1.54) is 5.56 Å². The summed E-state index contributed by atoms with van der Waals surface area (Å²) in [5, 5.41) is 6.45. The number of hydrogen-bond acceptors (Lipinski definition) is 3. The number of aryl methyl sites for hydroxylation is 1. The SMILES string of the molecule is CCc1ccccc1Nc1nc(-c2ccccc2)cs1. The molecule has 0 atom stereocenters. The van der Waals surface area contributed by atoms with E-state index < -0.39 is 0 Å². The lowest BCUT2D eigenvalue weighted by atomic mass is 10.1. The fourth-order valence-electron chi connectivity index (χ4n) is 2.14. The molecule has 0 unspecified atom stereocenters. The molecule has 0 aliphatic rings. The second-order valence-corrected chi connectivity index (χ2v) is 5.40. The molecular weight excluding hydrogens is 264 g/mol. The lowest BCUT2D eigenvalue weighted by Crippen LogP contribution is -1.94. The lowest BCUT2D eigenvalue weighted by molar-refractivity contribution is 1.14. The summed E-state index contributed by atoms with van der Waals surface area (Å²) in [6.07, 6.45) is 1.01. The third-order valence-corrected chi connectivity index (χ3v) is 3.97. The highest BCUT2D eigenvalue weighted by Gasteiger charge is 2.06. The summed E-state index contributed by atoms with van der Waals surface area (Å²) >= 11 is 1.64. The second-order valence-electron chi connectivity index (χ2n) is 4.54. The molecule has 1 N–H and O–H groups in total. The number of thiazole rings is 1. The summed E-state index contributed by atoms with van der Waals surface area (Å²) in [4.78, 5) is 4.66. The van der Waals surface area contributed by atoms with Gasteiger partial charge in [-0.25, -0.2) is 4.98 Å². The van der Waals surface area contributed by atoms with Crippen LogP contribution in [0.2, 0.25) is 0 Å². The Morgan fingerprint density at radius 1 is 1.00 bits per heavy atom. The first-order valence-corrected chi connectivity index (χ1v) is 7.60. The lowest BCUT2D eigenvalue weighted by Gasteiger charge is -2.07. The van der Waals surface area contributed by atoms with E-state index in [4.69, 9.17) is 0 Å². The number of nitrogens with zero attached hydrogens (tertiary/aromatic N) is 1. The van der Waals surface area contributed by atoms with Gasteiger partial charge in [0.1, 0.15) is 0 Å². The van der Waals surface area contributed by atoms with E-state index in [0.29, 0.717) is 0 Å². The van der Waals surface area contributed by atoms with Gasteiger partial charge in [0.2, 0.25) is 0 Å². The van der Waals surface area contributed by atoms with Crippen LogP contribution in [0.4, 0.5) is 10.8 Å². The van der Waals surface area contributed by atoms with Crippen LogP contribution in [0.1, 0.15) is 12.5 Å². The van der Waals surface area contributed by atoms with E-state index >= 15 is 0 Å². The molecule has 0 spiro atoms. The van der Waals surface area contributed by atoms with Crippen LogP contribution in [0.15, 0.2) is 60.0 Å². The largest absolute Gasteiger partial charge is 0.331 e. The Labute approximate surface area is 123 Å². The van der Waals surface area contributed by atoms with Crippen molar-refractivity contribution >= 4 is 22.2 Å². The molecule has 0 fully saturated rings. The third kappa shape index (κ3) is 2.73. The molecule has 0 aliphatic heterocycles. The highest BCUT2D eigenvalue weighted by atomic mass is 32.1. The van der Waals surface area contributed by atoms with Gasteiger partial charge in [-0.1, -0.05) is 55.5 Å². The number of para-hydroxylation sites is 1. The van der Waals surface area contributed by atoms with Crippen molar-refractivity contribution < 1.29 is 0 Å². The minimum absolute atomic E-state index is 0.935. The van der Waals surface area contributed by atoms with Crippen molar-refractivity contribution in [2.75, 3.05) is 5.32 Å². The van der Waals surface area contributed by atoms with Crippen LogP contribution in [0.25, 0.3) is 11.3 Å². The highest BCUT2D eigenvalue weighted by Crippen LogP contribution is 2.28. The Hall–Kier alpha value is -2.13. The topological polar surface area (TPSA) is 24.9 Å². The third-order valence-electron chi connectivity index (χ3n) is 3.21. The Morgan fingerprint density at radius 3 is 2.55 bits per heavy atom. The highest BCUT2D eigenvalue weighted by molar-refractivity contribution is 7.14. The van der Waals surface area contributed by atoms with Crippen LogP contribution in [0, 0.1) is 0 Å². The fraction of sp³-hybridized carbons (Fsp3) is 0.118. The summed E-state index contributed by atoms with van der Waals surface area (Å²) < 4.78 is 0. The van der Waals surface area contributed by atoms with E-state index in [9.17, 15) is 0 Å². The number of benzene rings is 2. The van der Waals surface area contributed by atoms with Gasteiger partial charge in [-0.05, 0) is 18.1 Å². The fourth-order valence-corrected chi connectivity index (χ4v) is 2.87. The Bertz CT molecular complexity index is 689. The Kier molecular flexibility index (Phi) is 3.79. The van der Waals surface area contributed by atoms with E-state index in [2.05, 4.69) is 52.9 Å². The van der Waals surface area contributed by atoms with E-state index in [1.807, 2.05) is 24.3 Å². The van der Waals surface area contributed by atoms with E-state index in [0.717, 1.165) is 28.5 Å². The maximum atomic E-state index is 4.66. The molecule has 3 heteroatoms. The molecule has 0 saturated carbocycles. The van der Waals surface area contributed by atoms with Crippen molar-refractivity contribution in [1.29, 1.82) is 0 Å². The Morgan fingerprint density at radius 2 is 1.75 bits per heavy atom. The normalized spacial score (nSPS) is 10.4. The summed E-state index contributed by atoms with van der Waals surface area (Å²) in [6.45, 7) is 2.16. The van der Waals surface area contributed by atoms with Crippen molar-refractivity contribution in [1.82, 2.24) is 4.98 Å². The first kappa shape index (κ1) is 12.9. The van der Waals surface area contributed by atoms with Crippen molar-refractivity contribution in [3.8, 4) is 11.3 Å². The summed E-state index contributed by atoms with van der Waals surface area (Å²) in [5.74, 6) is 0. The molecule has 20 heavy (non-hydrogen) atoms. The number of nitrogens with one attached hydrogen (secondary N) is 1. The van der Waals surface area contributed by atoms with Crippen molar-refractivity contribution in [3.05, 3.63) is 65.5 Å².